The molecule has 0 aromatic carbocycles. The van der Waals surface area contributed by atoms with Crippen LogP contribution in [0.15, 0.2) is 6.07 Å². The zero-order valence-corrected chi connectivity index (χ0v) is 6.03. The van der Waals surface area contributed by atoms with Crippen molar-refractivity contribution >= 4 is 11.4 Å². The van der Waals surface area contributed by atoms with Crippen LogP contribution in [-0.2, 0) is 0 Å². The van der Waals surface area contributed by atoms with Gasteiger partial charge in [0.1, 0.15) is 0 Å². The van der Waals surface area contributed by atoms with Crippen molar-refractivity contribution in [2.75, 3.05) is 18.6 Å². The first-order valence-corrected chi connectivity index (χ1v) is 2.94. The predicted octanol–water partition coefficient (Wildman–Crippen LogP) is -0.0398. The fourth-order valence-corrected chi connectivity index (χ4v) is 0.683. The second-order valence-electron chi connectivity index (χ2n) is 2.00. The number of nitrogens with zero attached hydrogens (tertiary/aromatic N) is 1. The highest BCUT2D eigenvalue weighted by molar-refractivity contribution is 5.61. The summed E-state index contributed by atoms with van der Waals surface area (Å²) in [6.07, 6.45) is 0. The standard InChI is InChI=1S/C6H9N3O2/c1-11-6-4(8)2-3(7)5(10)9-6/h2H,7-8H2,1H3,(H,9,10). The van der Waals surface area contributed by atoms with Gasteiger partial charge in [-0.15, -0.1) is 0 Å². The number of rotatable bonds is 1. The first-order chi connectivity index (χ1) is 5.15. The highest BCUT2D eigenvalue weighted by Gasteiger charge is 2.05. The lowest BCUT2D eigenvalue weighted by Gasteiger charge is -2.04. The molecule has 1 aromatic heterocycles. The summed E-state index contributed by atoms with van der Waals surface area (Å²) in [4.78, 5) is 3.57. The number of ether oxygens (including phenoxy) is 1. The Bertz CT molecular complexity index is 275. The largest absolute Gasteiger partial charge is 0.492 e. The summed E-state index contributed by atoms with van der Waals surface area (Å²) in [6, 6.07) is 1.39. The van der Waals surface area contributed by atoms with Gasteiger partial charge in [-0.2, -0.15) is 4.98 Å². The van der Waals surface area contributed by atoms with E-state index in [0.717, 1.165) is 0 Å². The van der Waals surface area contributed by atoms with Crippen LogP contribution in [0.5, 0.6) is 11.8 Å². The van der Waals surface area contributed by atoms with Crippen LogP contribution in [0.1, 0.15) is 0 Å². The lowest BCUT2D eigenvalue weighted by Crippen LogP contribution is -1.97. The van der Waals surface area contributed by atoms with Gasteiger partial charge in [0, 0.05) is 0 Å². The van der Waals surface area contributed by atoms with E-state index in [1.54, 1.807) is 0 Å². The summed E-state index contributed by atoms with van der Waals surface area (Å²) in [5, 5.41) is 8.98. The second-order valence-corrected chi connectivity index (χ2v) is 2.00. The number of anilines is 2. The molecule has 0 bridgehead atoms. The third kappa shape index (κ3) is 1.26. The lowest BCUT2D eigenvalue weighted by atomic mass is 10.3. The molecular formula is C6H9N3O2. The van der Waals surface area contributed by atoms with E-state index in [-0.39, 0.29) is 17.4 Å². The van der Waals surface area contributed by atoms with E-state index in [0.29, 0.717) is 5.69 Å². The van der Waals surface area contributed by atoms with E-state index in [1.807, 2.05) is 0 Å². The van der Waals surface area contributed by atoms with Crippen molar-refractivity contribution in [3.8, 4) is 11.8 Å². The quantitative estimate of drug-likeness (QED) is 0.529. The topological polar surface area (TPSA) is 94.4 Å². The van der Waals surface area contributed by atoms with Crippen LogP contribution in [0.4, 0.5) is 11.4 Å². The number of methoxy groups -OCH3 is 1. The minimum Gasteiger partial charge on any atom is -0.492 e. The minimum absolute atomic E-state index is 0.142. The number of nitrogen functional groups attached to an aromatic ring is 2. The number of aromatic nitrogens is 1. The van der Waals surface area contributed by atoms with Crippen LogP contribution in [0.2, 0.25) is 0 Å². The molecule has 0 aliphatic heterocycles. The molecule has 0 atom stereocenters. The van der Waals surface area contributed by atoms with Crippen LogP contribution >= 0.6 is 0 Å². The van der Waals surface area contributed by atoms with Gasteiger partial charge in [-0.05, 0) is 6.07 Å². The summed E-state index contributed by atoms with van der Waals surface area (Å²) < 4.78 is 4.73. The van der Waals surface area contributed by atoms with Gasteiger partial charge in [0.15, 0.2) is 0 Å². The first kappa shape index (κ1) is 7.46. The lowest BCUT2D eigenvalue weighted by molar-refractivity contribution is 0.383. The Kier molecular flexibility index (Phi) is 1.72. The van der Waals surface area contributed by atoms with Gasteiger partial charge in [0.2, 0.25) is 11.8 Å². The van der Waals surface area contributed by atoms with Crippen molar-refractivity contribution in [1.29, 1.82) is 0 Å². The molecule has 0 spiro atoms. The SMILES string of the molecule is COc1nc(O)c(N)cc1N. The Morgan fingerprint density at radius 1 is 1.45 bits per heavy atom. The Balaban J connectivity index is 3.21. The predicted molar refractivity (Wildman–Crippen MR) is 41.3 cm³/mol. The third-order valence-corrected chi connectivity index (χ3v) is 1.22. The van der Waals surface area contributed by atoms with Crippen LogP contribution in [0, 0.1) is 0 Å². The van der Waals surface area contributed by atoms with Crippen molar-refractivity contribution in [2.45, 2.75) is 0 Å². The Morgan fingerprint density at radius 2 is 2.09 bits per heavy atom. The molecule has 11 heavy (non-hydrogen) atoms. The van der Waals surface area contributed by atoms with Crippen LogP contribution < -0.4 is 16.2 Å². The molecule has 0 aliphatic rings. The fraction of sp³-hybridized carbons (Fsp3) is 0.167. The van der Waals surface area contributed by atoms with Crippen molar-refractivity contribution in [3.63, 3.8) is 0 Å². The molecule has 0 fully saturated rings. The van der Waals surface area contributed by atoms with E-state index in [1.165, 1.54) is 13.2 Å². The van der Waals surface area contributed by atoms with E-state index in [2.05, 4.69) is 4.98 Å². The van der Waals surface area contributed by atoms with Gasteiger partial charge in [-0.25, -0.2) is 0 Å². The number of nitrogens with two attached hydrogens (primary N) is 2. The van der Waals surface area contributed by atoms with Crippen molar-refractivity contribution in [1.82, 2.24) is 4.98 Å². The molecule has 1 aromatic rings. The van der Waals surface area contributed by atoms with E-state index in [9.17, 15) is 0 Å². The van der Waals surface area contributed by atoms with Crippen LogP contribution in [0.25, 0.3) is 0 Å². The maximum absolute atomic E-state index is 8.98. The molecule has 1 rings (SSSR count). The summed E-state index contributed by atoms with van der Waals surface area (Å²) in [7, 11) is 1.41. The molecule has 5 heteroatoms. The second kappa shape index (κ2) is 2.53. The number of pyridine rings is 1. The van der Waals surface area contributed by atoms with Crippen LogP contribution in [0.3, 0.4) is 0 Å². The normalized spacial score (nSPS) is 9.55. The number of hydrogen-bond donors (Lipinski definition) is 3. The van der Waals surface area contributed by atoms with Gasteiger partial charge in [-0.1, -0.05) is 0 Å². The molecule has 0 radical (unpaired) electrons. The zero-order chi connectivity index (χ0) is 8.43. The van der Waals surface area contributed by atoms with Crippen LogP contribution in [-0.4, -0.2) is 17.2 Å². The molecule has 0 amide bonds. The number of aromatic hydroxyl groups is 1. The molecule has 0 aliphatic carbocycles. The van der Waals surface area contributed by atoms with E-state index >= 15 is 0 Å². The highest BCUT2D eigenvalue weighted by Crippen LogP contribution is 2.26. The van der Waals surface area contributed by atoms with Gasteiger partial charge >= 0.3 is 0 Å². The smallest absolute Gasteiger partial charge is 0.240 e. The average molecular weight is 155 g/mol. The summed E-state index contributed by atoms with van der Waals surface area (Å²) >= 11 is 0. The van der Waals surface area contributed by atoms with Crippen molar-refractivity contribution in [3.05, 3.63) is 6.07 Å². The Hall–Kier alpha value is -1.65. The molecule has 5 nitrogen and oxygen atoms in total. The molecule has 1 heterocycles. The zero-order valence-electron chi connectivity index (χ0n) is 6.03. The van der Waals surface area contributed by atoms with Gasteiger partial charge < -0.3 is 21.3 Å². The molecule has 0 saturated carbocycles. The Labute approximate surface area is 63.6 Å². The van der Waals surface area contributed by atoms with Crippen molar-refractivity contribution in [2.24, 2.45) is 0 Å². The highest BCUT2D eigenvalue weighted by atomic mass is 16.5. The summed E-state index contributed by atoms with van der Waals surface area (Å²) in [5.41, 5.74) is 11.2. The molecule has 5 N–H and O–H groups in total. The van der Waals surface area contributed by atoms with Crippen molar-refractivity contribution < 1.29 is 9.84 Å². The fourth-order valence-electron chi connectivity index (χ4n) is 0.683. The molecule has 0 unspecified atom stereocenters. The summed E-state index contributed by atoms with van der Waals surface area (Å²) in [6.45, 7) is 0. The monoisotopic (exact) mass is 155 g/mol. The molecular weight excluding hydrogens is 146 g/mol. The maximum atomic E-state index is 8.98. The van der Waals surface area contributed by atoms with Gasteiger partial charge in [0.05, 0.1) is 18.5 Å². The molecule has 60 valence electrons. The third-order valence-electron chi connectivity index (χ3n) is 1.22. The maximum Gasteiger partial charge on any atom is 0.240 e. The van der Waals surface area contributed by atoms with E-state index in [4.69, 9.17) is 21.3 Å². The van der Waals surface area contributed by atoms with Gasteiger partial charge in [-0.3, -0.25) is 0 Å². The van der Waals surface area contributed by atoms with E-state index < -0.39 is 0 Å². The first-order valence-electron chi connectivity index (χ1n) is 2.94. The summed E-state index contributed by atoms with van der Waals surface area (Å²) in [5.74, 6) is -0.0900. The van der Waals surface area contributed by atoms with Gasteiger partial charge in [0.25, 0.3) is 0 Å². The number of hydrogen-bond acceptors (Lipinski definition) is 5. The Morgan fingerprint density at radius 3 is 2.64 bits per heavy atom. The average Bonchev–Trinajstić information content (AvgIpc) is 1.97. The minimum atomic E-state index is -0.268. The molecule has 0 saturated heterocycles.